The zero-order valence-electron chi connectivity index (χ0n) is 18.1. The van der Waals surface area contributed by atoms with Gasteiger partial charge in [0.2, 0.25) is 5.75 Å². The van der Waals surface area contributed by atoms with E-state index < -0.39 is 23.0 Å². The monoisotopic (exact) mass is 441 g/mol. The first-order valence-corrected chi connectivity index (χ1v) is 9.79. The average molecular weight is 441 g/mol. The third-order valence-corrected chi connectivity index (χ3v) is 5.05. The number of ether oxygens (including phenoxy) is 3. The van der Waals surface area contributed by atoms with Gasteiger partial charge in [-0.15, -0.1) is 0 Å². The molecule has 0 bridgehead atoms. The molecule has 0 aliphatic carbocycles. The molecule has 2 aromatic carbocycles. The van der Waals surface area contributed by atoms with Gasteiger partial charge in [0.05, 0.1) is 30.3 Å². The fraction of sp³-hybridized carbons (Fsp3) is 0.273. The minimum atomic E-state index is -0.911. The van der Waals surface area contributed by atoms with E-state index in [4.69, 9.17) is 14.2 Å². The van der Waals surface area contributed by atoms with Gasteiger partial charge in [-0.1, -0.05) is 6.07 Å². The molecule has 0 spiro atoms. The second kappa shape index (κ2) is 9.38. The molecule has 10 heteroatoms. The molecule has 32 heavy (non-hydrogen) atoms. The number of methoxy groups -OCH3 is 1. The van der Waals surface area contributed by atoms with Crippen LogP contribution in [0.2, 0.25) is 0 Å². The highest BCUT2D eigenvalue weighted by Crippen LogP contribution is 2.37. The van der Waals surface area contributed by atoms with Crippen LogP contribution in [-0.4, -0.2) is 42.6 Å². The molecule has 3 rings (SSSR count). The lowest BCUT2D eigenvalue weighted by Gasteiger charge is -2.33. The normalized spacial score (nSPS) is 15.8. The predicted octanol–water partition coefficient (Wildman–Crippen LogP) is 3.93. The molecule has 0 radical (unpaired) electrons. The zero-order chi connectivity index (χ0) is 23.4. The number of nitro groups is 1. The molecule has 2 amide bonds. The van der Waals surface area contributed by atoms with E-state index in [9.17, 15) is 19.7 Å². The van der Waals surface area contributed by atoms with Crippen LogP contribution in [0.4, 0.5) is 10.5 Å². The van der Waals surface area contributed by atoms with Crippen molar-refractivity contribution in [2.45, 2.75) is 19.9 Å². The molecule has 1 unspecified atom stereocenters. The zero-order valence-corrected chi connectivity index (χ0v) is 18.1. The Morgan fingerprint density at radius 2 is 1.84 bits per heavy atom. The summed E-state index contributed by atoms with van der Waals surface area (Å²) in [6.45, 7) is 3.44. The van der Waals surface area contributed by atoms with Crippen LogP contribution in [0.1, 0.15) is 25.5 Å². The summed E-state index contributed by atoms with van der Waals surface area (Å²) in [5.41, 5.74) is 0.639. The molecule has 0 saturated heterocycles. The quantitative estimate of drug-likeness (QED) is 0.393. The number of nitrogens with one attached hydrogen (secondary N) is 1. The Kier molecular flexibility index (Phi) is 6.62. The summed E-state index contributed by atoms with van der Waals surface area (Å²) in [6, 6.07) is 9.51. The van der Waals surface area contributed by atoms with Crippen LogP contribution >= 0.6 is 0 Å². The molecule has 0 fully saturated rings. The fourth-order valence-electron chi connectivity index (χ4n) is 3.27. The molecule has 1 aliphatic heterocycles. The summed E-state index contributed by atoms with van der Waals surface area (Å²) < 4.78 is 15.9. The molecular formula is C22H23N3O7. The molecule has 1 N–H and O–H groups in total. The number of hydrogen-bond acceptors (Lipinski definition) is 7. The highest BCUT2D eigenvalue weighted by molar-refractivity contribution is 5.95. The lowest BCUT2D eigenvalue weighted by molar-refractivity contribution is -0.385. The van der Waals surface area contributed by atoms with Crippen molar-refractivity contribution >= 4 is 17.7 Å². The number of nitro benzene ring substituents is 1. The van der Waals surface area contributed by atoms with Gasteiger partial charge in [0, 0.05) is 18.8 Å². The van der Waals surface area contributed by atoms with E-state index in [-0.39, 0.29) is 23.6 Å². The predicted molar refractivity (Wildman–Crippen MR) is 115 cm³/mol. The van der Waals surface area contributed by atoms with E-state index in [0.717, 1.165) is 0 Å². The second-order valence-electron chi connectivity index (χ2n) is 6.92. The van der Waals surface area contributed by atoms with E-state index in [2.05, 4.69) is 5.32 Å². The van der Waals surface area contributed by atoms with Crippen LogP contribution in [0.5, 0.6) is 17.2 Å². The first kappa shape index (κ1) is 22.6. The van der Waals surface area contributed by atoms with Crippen molar-refractivity contribution in [3.63, 3.8) is 0 Å². The number of esters is 1. The van der Waals surface area contributed by atoms with Crippen LogP contribution in [0.3, 0.4) is 0 Å². The van der Waals surface area contributed by atoms with Crippen LogP contribution in [0.25, 0.3) is 0 Å². The Balaban J connectivity index is 2.01. The molecule has 1 heterocycles. The summed E-state index contributed by atoms with van der Waals surface area (Å²) in [5, 5.41) is 14.5. The maximum absolute atomic E-state index is 12.6. The van der Waals surface area contributed by atoms with Crippen LogP contribution in [-0.2, 0) is 9.53 Å². The Bertz CT molecular complexity index is 1080. The molecule has 1 aliphatic rings. The standard InChI is InChI=1S/C22H23N3O7/c1-5-31-21(26)19-13(2)24(3)22(27)23-20(19)14-6-11-18(17(12-14)25(28)29)32-16-9-7-15(30-4)8-10-16/h6-12,20H,5H2,1-4H3,(H,23,27). The largest absolute Gasteiger partial charge is 0.497 e. The number of hydrogen-bond donors (Lipinski definition) is 1. The first-order valence-electron chi connectivity index (χ1n) is 9.79. The van der Waals surface area contributed by atoms with Gasteiger partial charge in [-0.3, -0.25) is 10.1 Å². The Morgan fingerprint density at radius 1 is 1.19 bits per heavy atom. The fourth-order valence-corrected chi connectivity index (χ4v) is 3.27. The number of carbonyl (C=O) groups is 2. The number of amides is 2. The number of benzene rings is 2. The van der Waals surface area contributed by atoms with Gasteiger partial charge in [0.1, 0.15) is 11.5 Å². The van der Waals surface area contributed by atoms with Crippen molar-refractivity contribution in [1.29, 1.82) is 0 Å². The van der Waals surface area contributed by atoms with Crippen molar-refractivity contribution in [3.8, 4) is 17.2 Å². The Hall–Kier alpha value is -4.08. The smallest absolute Gasteiger partial charge is 0.338 e. The molecule has 1 atom stereocenters. The number of nitrogens with zero attached hydrogens (tertiary/aromatic N) is 2. The first-order chi connectivity index (χ1) is 15.3. The topological polar surface area (TPSA) is 120 Å². The highest BCUT2D eigenvalue weighted by Gasteiger charge is 2.36. The van der Waals surface area contributed by atoms with Crippen molar-refractivity contribution in [1.82, 2.24) is 10.2 Å². The summed E-state index contributed by atoms with van der Waals surface area (Å²) in [6.07, 6.45) is 0. The molecule has 0 aromatic heterocycles. The van der Waals surface area contributed by atoms with E-state index in [1.165, 1.54) is 31.2 Å². The number of carbonyl (C=O) groups excluding carboxylic acids is 2. The minimum Gasteiger partial charge on any atom is -0.497 e. The van der Waals surface area contributed by atoms with E-state index in [1.807, 2.05) is 0 Å². The van der Waals surface area contributed by atoms with Gasteiger partial charge in [-0.2, -0.15) is 0 Å². The number of urea groups is 1. The van der Waals surface area contributed by atoms with Crippen LogP contribution < -0.4 is 14.8 Å². The van der Waals surface area contributed by atoms with Gasteiger partial charge >= 0.3 is 17.7 Å². The molecule has 10 nitrogen and oxygen atoms in total. The summed E-state index contributed by atoms with van der Waals surface area (Å²) in [4.78, 5) is 37.4. The van der Waals surface area contributed by atoms with E-state index >= 15 is 0 Å². The Morgan fingerprint density at radius 3 is 2.44 bits per heavy atom. The molecule has 0 saturated carbocycles. The van der Waals surface area contributed by atoms with Gasteiger partial charge in [0.15, 0.2) is 0 Å². The summed E-state index contributed by atoms with van der Waals surface area (Å²) in [7, 11) is 3.05. The summed E-state index contributed by atoms with van der Waals surface area (Å²) in [5.74, 6) is 0.413. The van der Waals surface area contributed by atoms with Crippen LogP contribution in [0.15, 0.2) is 53.7 Å². The van der Waals surface area contributed by atoms with Crippen LogP contribution in [0, 0.1) is 10.1 Å². The van der Waals surface area contributed by atoms with Gasteiger partial charge in [-0.05, 0) is 49.7 Å². The van der Waals surface area contributed by atoms with E-state index in [1.54, 1.807) is 44.2 Å². The number of allylic oxidation sites excluding steroid dienone is 1. The maximum Gasteiger partial charge on any atom is 0.338 e. The maximum atomic E-state index is 12.6. The Labute approximate surface area is 184 Å². The van der Waals surface area contributed by atoms with Crippen molar-refractivity contribution in [2.24, 2.45) is 0 Å². The van der Waals surface area contributed by atoms with Gasteiger partial charge in [0.25, 0.3) is 0 Å². The third-order valence-electron chi connectivity index (χ3n) is 5.05. The van der Waals surface area contributed by atoms with E-state index in [0.29, 0.717) is 22.8 Å². The lowest BCUT2D eigenvalue weighted by atomic mass is 9.94. The summed E-state index contributed by atoms with van der Waals surface area (Å²) >= 11 is 0. The molecular weight excluding hydrogens is 418 g/mol. The van der Waals surface area contributed by atoms with Gasteiger partial charge < -0.3 is 24.4 Å². The van der Waals surface area contributed by atoms with Crippen molar-refractivity contribution < 1.29 is 28.7 Å². The second-order valence-corrected chi connectivity index (χ2v) is 6.92. The van der Waals surface area contributed by atoms with Crippen molar-refractivity contribution in [2.75, 3.05) is 20.8 Å². The lowest BCUT2D eigenvalue weighted by Crippen LogP contribution is -2.46. The van der Waals surface area contributed by atoms with Crippen molar-refractivity contribution in [3.05, 3.63) is 69.4 Å². The number of rotatable bonds is 7. The molecule has 2 aromatic rings. The average Bonchev–Trinajstić information content (AvgIpc) is 2.78. The molecule has 168 valence electrons. The third kappa shape index (κ3) is 4.48. The minimum absolute atomic E-state index is 0.0153. The highest BCUT2D eigenvalue weighted by atomic mass is 16.6. The SMILES string of the molecule is CCOC(=O)C1=C(C)N(C)C(=O)NC1c1ccc(Oc2ccc(OC)cc2)c([N+](=O)[O-])c1. The van der Waals surface area contributed by atoms with Gasteiger partial charge in [-0.25, -0.2) is 9.59 Å².